The number of rotatable bonds is 8. The summed E-state index contributed by atoms with van der Waals surface area (Å²) in [4.78, 5) is 23.8. The van der Waals surface area contributed by atoms with Gasteiger partial charge in [-0.3, -0.25) is 4.79 Å². The summed E-state index contributed by atoms with van der Waals surface area (Å²) in [6, 6.07) is 20.5. The first-order valence-corrected chi connectivity index (χ1v) is 9.39. The number of carbonyl (C=O) groups is 2. The van der Waals surface area contributed by atoms with Gasteiger partial charge < -0.3 is 14.8 Å². The molecule has 1 amide bonds. The third-order valence-corrected chi connectivity index (χ3v) is 4.70. The van der Waals surface area contributed by atoms with E-state index < -0.39 is 12.1 Å². The van der Waals surface area contributed by atoms with Gasteiger partial charge >= 0.3 is 5.97 Å². The highest BCUT2D eigenvalue weighted by Gasteiger charge is 2.25. The molecule has 0 aliphatic carbocycles. The smallest absolute Gasteiger partial charge is 0.335 e. The molecule has 0 unspecified atom stereocenters. The van der Waals surface area contributed by atoms with Crippen LogP contribution in [0.15, 0.2) is 60.7 Å². The maximum atomic E-state index is 12.0. The molecule has 0 spiro atoms. The maximum Gasteiger partial charge on any atom is 0.335 e. The zero-order valence-corrected chi connectivity index (χ0v) is 15.3. The Hall–Kier alpha value is -2.66. The lowest BCUT2D eigenvalue weighted by Crippen LogP contribution is -2.32. The van der Waals surface area contributed by atoms with Gasteiger partial charge in [0, 0.05) is 19.1 Å². The van der Waals surface area contributed by atoms with Crippen LogP contribution in [0.5, 0.6) is 0 Å². The van der Waals surface area contributed by atoms with Crippen molar-refractivity contribution >= 4 is 11.9 Å². The molecule has 5 nitrogen and oxygen atoms in total. The molecule has 0 aromatic heterocycles. The Morgan fingerprint density at radius 2 is 1.67 bits per heavy atom. The molecular weight excluding hydrogens is 342 g/mol. The van der Waals surface area contributed by atoms with Gasteiger partial charge in [0.05, 0.1) is 0 Å². The van der Waals surface area contributed by atoms with Crippen molar-refractivity contribution in [3.05, 3.63) is 71.8 Å². The molecule has 1 fully saturated rings. The zero-order chi connectivity index (χ0) is 18.9. The van der Waals surface area contributed by atoms with Gasteiger partial charge in [-0.15, -0.1) is 0 Å². The topological polar surface area (TPSA) is 64.6 Å². The van der Waals surface area contributed by atoms with Gasteiger partial charge in [0.1, 0.15) is 0 Å². The normalized spacial score (nSPS) is 16.3. The molecule has 27 heavy (non-hydrogen) atoms. The molecule has 0 saturated carbocycles. The van der Waals surface area contributed by atoms with E-state index in [0.29, 0.717) is 19.6 Å². The Balaban J connectivity index is 1.49. The van der Waals surface area contributed by atoms with Gasteiger partial charge in [0.25, 0.3) is 5.91 Å². The summed E-state index contributed by atoms with van der Waals surface area (Å²) in [7, 11) is 0. The Labute approximate surface area is 159 Å². The number of hydrogen-bond donors (Lipinski definition) is 1. The van der Waals surface area contributed by atoms with E-state index in [0.717, 1.165) is 12.8 Å². The number of hydrogen-bond acceptors (Lipinski definition) is 4. The Morgan fingerprint density at radius 1 is 1.04 bits per heavy atom. The molecule has 142 valence electrons. The zero-order valence-electron chi connectivity index (χ0n) is 15.3. The highest BCUT2D eigenvalue weighted by molar-refractivity contribution is 5.82. The fourth-order valence-electron chi connectivity index (χ4n) is 3.30. The lowest BCUT2D eigenvalue weighted by molar-refractivity contribution is -0.157. The van der Waals surface area contributed by atoms with Gasteiger partial charge in [-0.05, 0) is 30.4 Å². The molecule has 2 aromatic rings. The van der Waals surface area contributed by atoms with Crippen molar-refractivity contribution in [1.82, 2.24) is 5.32 Å². The molecule has 0 bridgehead atoms. The molecule has 3 rings (SSSR count). The van der Waals surface area contributed by atoms with Gasteiger partial charge in [-0.1, -0.05) is 60.7 Å². The van der Waals surface area contributed by atoms with Crippen molar-refractivity contribution in [3.63, 3.8) is 0 Å². The minimum atomic E-state index is -0.515. The number of nitrogens with one attached hydrogen (secondary N) is 1. The van der Waals surface area contributed by atoms with Crippen molar-refractivity contribution in [1.29, 1.82) is 0 Å². The third kappa shape index (κ3) is 5.66. The fraction of sp³-hybridized carbons (Fsp3) is 0.364. The van der Waals surface area contributed by atoms with Gasteiger partial charge in [0.2, 0.25) is 0 Å². The van der Waals surface area contributed by atoms with Crippen LogP contribution in [-0.4, -0.2) is 37.7 Å². The van der Waals surface area contributed by atoms with E-state index in [1.54, 1.807) is 0 Å². The van der Waals surface area contributed by atoms with Crippen LogP contribution in [0.25, 0.3) is 0 Å². The third-order valence-electron chi connectivity index (χ3n) is 4.70. The van der Waals surface area contributed by atoms with Crippen LogP contribution in [0.2, 0.25) is 0 Å². The monoisotopic (exact) mass is 367 g/mol. The van der Waals surface area contributed by atoms with E-state index in [4.69, 9.17) is 9.47 Å². The van der Waals surface area contributed by atoms with Gasteiger partial charge in [0.15, 0.2) is 12.7 Å². The summed E-state index contributed by atoms with van der Waals surface area (Å²) in [5.74, 6) is -0.544. The first-order valence-electron chi connectivity index (χ1n) is 9.39. The average Bonchev–Trinajstić information content (AvgIpc) is 3.26. The van der Waals surface area contributed by atoms with Crippen molar-refractivity contribution in [2.45, 2.75) is 31.3 Å². The second-order valence-corrected chi connectivity index (χ2v) is 6.62. The molecular formula is C22H25NO4. The summed E-state index contributed by atoms with van der Waals surface area (Å²) in [5.41, 5.74) is 2.42. The number of amides is 1. The van der Waals surface area contributed by atoms with E-state index in [9.17, 15) is 9.59 Å². The van der Waals surface area contributed by atoms with Crippen LogP contribution in [0.4, 0.5) is 0 Å². The van der Waals surface area contributed by atoms with Crippen molar-refractivity contribution in [2.75, 3.05) is 19.8 Å². The summed E-state index contributed by atoms with van der Waals surface area (Å²) in [6.45, 7) is 0.817. The predicted molar refractivity (Wildman–Crippen MR) is 102 cm³/mol. The Kier molecular flexibility index (Phi) is 6.99. The van der Waals surface area contributed by atoms with Crippen LogP contribution in [0, 0.1) is 0 Å². The molecule has 1 atom stereocenters. The quantitative estimate of drug-likeness (QED) is 0.729. The van der Waals surface area contributed by atoms with E-state index in [2.05, 4.69) is 29.6 Å². The summed E-state index contributed by atoms with van der Waals surface area (Å²) in [6.07, 6.45) is 1.76. The molecule has 1 N–H and O–H groups in total. The molecule has 1 heterocycles. The van der Waals surface area contributed by atoms with Gasteiger partial charge in [-0.25, -0.2) is 4.79 Å². The summed E-state index contributed by atoms with van der Waals surface area (Å²) in [5, 5.41) is 2.84. The van der Waals surface area contributed by atoms with Crippen molar-refractivity contribution in [3.8, 4) is 0 Å². The van der Waals surface area contributed by atoms with E-state index >= 15 is 0 Å². The standard InChI is InChI=1S/C22H25NO4/c24-21(16-27-22(25)20-12-7-15-26-20)23-14-13-19(17-8-3-1-4-9-17)18-10-5-2-6-11-18/h1-6,8-11,19-20H,7,12-16H2,(H,23,24)/t20-/m0/s1. The number of benzene rings is 2. The number of esters is 1. The molecule has 5 heteroatoms. The highest BCUT2D eigenvalue weighted by atomic mass is 16.6. The molecule has 1 aliphatic rings. The highest BCUT2D eigenvalue weighted by Crippen LogP contribution is 2.27. The first kappa shape index (κ1) is 19.1. The molecule has 2 aromatic carbocycles. The largest absolute Gasteiger partial charge is 0.454 e. The first-order chi connectivity index (χ1) is 13.2. The van der Waals surface area contributed by atoms with Crippen molar-refractivity contribution < 1.29 is 19.1 Å². The fourth-order valence-corrected chi connectivity index (χ4v) is 3.30. The van der Waals surface area contributed by atoms with E-state index in [-0.39, 0.29) is 18.4 Å². The van der Waals surface area contributed by atoms with Crippen LogP contribution in [0.3, 0.4) is 0 Å². The van der Waals surface area contributed by atoms with Crippen LogP contribution in [0.1, 0.15) is 36.3 Å². The summed E-state index contributed by atoms with van der Waals surface area (Å²) >= 11 is 0. The van der Waals surface area contributed by atoms with Crippen LogP contribution < -0.4 is 5.32 Å². The maximum absolute atomic E-state index is 12.0. The minimum absolute atomic E-state index is 0.196. The second kappa shape index (κ2) is 9.88. The summed E-state index contributed by atoms with van der Waals surface area (Å²) < 4.78 is 10.3. The van der Waals surface area contributed by atoms with Crippen LogP contribution in [-0.2, 0) is 19.1 Å². The van der Waals surface area contributed by atoms with Crippen LogP contribution >= 0.6 is 0 Å². The number of ether oxygens (including phenoxy) is 2. The number of carbonyl (C=O) groups excluding carboxylic acids is 2. The minimum Gasteiger partial charge on any atom is -0.454 e. The molecule has 1 saturated heterocycles. The van der Waals surface area contributed by atoms with Gasteiger partial charge in [-0.2, -0.15) is 0 Å². The SMILES string of the molecule is O=C(COC(=O)[C@@H]1CCCO1)NCCC(c1ccccc1)c1ccccc1. The lowest BCUT2D eigenvalue weighted by Gasteiger charge is -2.18. The van der Waals surface area contributed by atoms with Crippen molar-refractivity contribution in [2.24, 2.45) is 0 Å². The Bertz CT molecular complexity index is 687. The molecule has 0 radical (unpaired) electrons. The van der Waals surface area contributed by atoms with E-state index in [1.807, 2.05) is 36.4 Å². The second-order valence-electron chi connectivity index (χ2n) is 6.62. The Morgan fingerprint density at radius 3 is 2.22 bits per heavy atom. The van der Waals surface area contributed by atoms with E-state index in [1.165, 1.54) is 11.1 Å². The lowest BCUT2D eigenvalue weighted by atomic mass is 9.88. The molecule has 1 aliphatic heterocycles. The average molecular weight is 367 g/mol. The predicted octanol–water partition coefficient (Wildman–Crippen LogP) is 3.05.